The van der Waals surface area contributed by atoms with Crippen molar-refractivity contribution in [1.29, 1.82) is 0 Å². The summed E-state index contributed by atoms with van der Waals surface area (Å²) < 4.78 is 11.1. The van der Waals surface area contributed by atoms with Crippen molar-refractivity contribution in [2.45, 2.75) is 57.2 Å². The molecule has 2 aliphatic rings. The topological polar surface area (TPSA) is 38.7 Å². The summed E-state index contributed by atoms with van der Waals surface area (Å²) in [6.07, 6.45) is 7.19. The highest BCUT2D eigenvalue weighted by atomic mass is 16.5. The van der Waals surface area contributed by atoms with Gasteiger partial charge in [-0.25, -0.2) is 0 Å². The Labute approximate surface area is 120 Å². The number of fused-ring (bicyclic) bond motifs is 1. The van der Waals surface area contributed by atoms with Gasteiger partial charge >= 0.3 is 0 Å². The van der Waals surface area contributed by atoms with Gasteiger partial charge in [0.15, 0.2) is 0 Å². The largest absolute Gasteiger partial charge is 0.493 e. The second kappa shape index (κ2) is 6.59. The van der Waals surface area contributed by atoms with Gasteiger partial charge in [-0.3, -0.25) is 0 Å². The molecule has 0 aliphatic carbocycles. The van der Waals surface area contributed by atoms with Gasteiger partial charge in [-0.15, -0.1) is 0 Å². The molecule has 2 aliphatic heterocycles. The van der Waals surface area contributed by atoms with Crippen LogP contribution in [0.5, 0.6) is 5.75 Å². The quantitative estimate of drug-likeness (QED) is 0.868. The molecule has 2 unspecified atom stereocenters. The van der Waals surface area contributed by atoms with Gasteiger partial charge in [0, 0.05) is 13.0 Å². The summed E-state index contributed by atoms with van der Waals surface area (Å²) in [5, 5.41) is 10.1. The molecule has 1 N–H and O–H groups in total. The zero-order chi connectivity index (χ0) is 13.8. The van der Waals surface area contributed by atoms with Crippen LogP contribution in [0.4, 0.5) is 0 Å². The first-order valence-corrected chi connectivity index (χ1v) is 7.85. The van der Waals surface area contributed by atoms with Crippen LogP contribution in [0, 0.1) is 0 Å². The fraction of sp³-hybridized carbons (Fsp3) is 0.647. The van der Waals surface area contributed by atoms with E-state index in [1.807, 2.05) is 0 Å². The first-order chi connectivity index (χ1) is 9.81. The molecule has 2 heterocycles. The number of ether oxygens (including phenoxy) is 2. The fourth-order valence-electron chi connectivity index (χ4n) is 3.12. The smallest absolute Gasteiger partial charge is 0.122 e. The van der Waals surface area contributed by atoms with Gasteiger partial charge in [0.2, 0.25) is 0 Å². The van der Waals surface area contributed by atoms with Crippen LogP contribution in [-0.4, -0.2) is 30.5 Å². The van der Waals surface area contributed by atoms with Crippen LogP contribution in [0.2, 0.25) is 0 Å². The zero-order valence-electron chi connectivity index (χ0n) is 12.0. The minimum atomic E-state index is -0.205. The van der Waals surface area contributed by atoms with E-state index in [2.05, 4.69) is 18.2 Å². The molecule has 3 heteroatoms. The fourth-order valence-corrected chi connectivity index (χ4v) is 3.12. The lowest BCUT2D eigenvalue weighted by atomic mass is 10.00. The third-order valence-electron chi connectivity index (χ3n) is 4.37. The van der Waals surface area contributed by atoms with Crippen LogP contribution in [0.25, 0.3) is 0 Å². The minimum absolute atomic E-state index is 0.205. The molecule has 0 spiro atoms. The van der Waals surface area contributed by atoms with Crippen molar-refractivity contribution in [1.82, 2.24) is 0 Å². The van der Waals surface area contributed by atoms with Gasteiger partial charge < -0.3 is 14.6 Å². The summed E-state index contributed by atoms with van der Waals surface area (Å²) in [4.78, 5) is 0. The molecule has 0 radical (unpaired) electrons. The minimum Gasteiger partial charge on any atom is -0.493 e. The van der Waals surface area contributed by atoms with Crippen LogP contribution in [-0.2, 0) is 17.6 Å². The third-order valence-corrected chi connectivity index (χ3v) is 4.37. The molecule has 20 heavy (non-hydrogen) atoms. The molecule has 0 bridgehead atoms. The highest BCUT2D eigenvalue weighted by Gasteiger charge is 2.17. The lowest BCUT2D eigenvalue weighted by Crippen LogP contribution is -2.13. The average molecular weight is 276 g/mol. The molecule has 1 aromatic rings. The highest BCUT2D eigenvalue weighted by molar-refractivity contribution is 5.39. The molecule has 3 rings (SSSR count). The number of benzene rings is 1. The van der Waals surface area contributed by atoms with Gasteiger partial charge in [0.05, 0.1) is 18.8 Å². The summed E-state index contributed by atoms with van der Waals surface area (Å²) in [6, 6.07) is 6.42. The summed E-state index contributed by atoms with van der Waals surface area (Å²) in [7, 11) is 0. The molecular weight excluding hydrogens is 252 g/mol. The summed E-state index contributed by atoms with van der Waals surface area (Å²) in [5.74, 6) is 1.03. The van der Waals surface area contributed by atoms with Gasteiger partial charge in [0.1, 0.15) is 5.75 Å². The number of aliphatic hydroxyl groups is 1. The maximum atomic E-state index is 10.1. The Morgan fingerprint density at radius 1 is 1.25 bits per heavy atom. The Balaban J connectivity index is 1.41. The molecule has 0 amide bonds. The summed E-state index contributed by atoms with van der Waals surface area (Å²) in [5.41, 5.74) is 2.63. The molecule has 0 aromatic heterocycles. The van der Waals surface area contributed by atoms with Crippen molar-refractivity contribution in [3.8, 4) is 5.75 Å². The lowest BCUT2D eigenvalue weighted by Gasteiger charge is -2.14. The second-order valence-corrected chi connectivity index (χ2v) is 5.95. The molecule has 2 atom stereocenters. The Morgan fingerprint density at radius 2 is 2.20 bits per heavy atom. The lowest BCUT2D eigenvalue weighted by molar-refractivity contribution is 0.0791. The molecule has 1 fully saturated rings. The van der Waals surface area contributed by atoms with Gasteiger partial charge in [-0.1, -0.05) is 12.1 Å². The van der Waals surface area contributed by atoms with E-state index in [1.165, 1.54) is 17.5 Å². The van der Waals surface area contributed by atoms with Crippen molar-refractivity contribution in [3.05, 3.63) is 29.3 Å². The zero-order valence-corrected chi connectivity index (χ0v) is 12.0. The third kappa shape index (κ3) is 3.53. The second-order valence-electron chi connectivity index (χ2n) is 5.95. The predicted molar refractivity (Wildman–Crippen MR) is 78.2 cm³/mol. The van der Waals surface area contributed by atoms with Crippen molar-refractivity contribution in [2.24, 2.45) is 0 Å². The molecule has 110 valence electrons. The number of hydrogen-bond donors (Lipinski definition) is 1. The van der Waals surface area contributed by atoms with E-state index in [-0.39, 0.29) is 6.10 Å². The van der Waals surface area contributed by atoms with Gasteiger partial charge in [0.25, 0.3) is 0 Å². The highest BCUT2D eigenvalue weighted by Crippen LogP contribution is 2.26. The average Bonchev–Trinajstić information content (AvgIpc) is 3.13. The molecule has 1 aromatic carbocycles. The van der Waals surface area contributed by atoms with Crippen molar-refractivity contribution in [2.75, 3.05) is 13.2 Å². The van der Waals surface area contributed by atoms with Crippen LogP contribution < -0.4 is 4.74 Å². The van der Waals surface area contributed by atoms with Crippen LogP contribution in [0.15, 0.2) is 18.2 Å². The van der Waals surface area contributed by atoms with E-state index in [9.17, 15) is 5.11 Å². The van der Waals surface area contributed by atoms with Crippen LogP contribution >= 0.6 is 0 Å². The maximum absolute atomic E-state index is 10.1. The predicted octanol–water partition coefficient (Wildman–Crippen LogP) is 2.87. The van der Waals surface area contributed by atoms with Gasteiger partial charge in [-0.2, -0.15) is 0 Å². The van der Waals surface area contributed by atoms with Crippen LogP contribution in [0.3, 0.4) is 0 Å². The number of aliphatic hydroxyl groups excluding tert-OH is 1. The van der Waals surface area contributed by atoms with E-state index < -0.39 is 0 Å². The normalized spacial score (nSPS) is 22.6. The number of rotatable bonds is 6. The monoisotopic (exact) mass is 276 g/mol. The molecule has 1 saturated heterocycles. The van der Waals surface area contributed by atoms with E-state index in [0.717, 1.165) is 57.5 Å². The van der Waals surface area contributed by atoms with Gasteiger partial charge in [-0.05, 0) is 55.7 Å². The SMILES string of the molecule is OC(CCc1ccc2c(c1)CCO2)CCC1CCCO1. The summed E-state index contributed by atoms with van der Waals surface area (Å²) in [6.45, 7) is 1.71. The first-order valence-electron chi connectivity index (χ1n) is 7.85. The molecular formula is C17H24O3. The van der Waals surface area contributed by atoms with E-state index in [1.54, 1.807) is 0 Å². The van der Waals surface area contributed by atoms with E-state index in [4.69, 9.17) is 9.47 Å². The van der Waals surface area contributed by atoms with Crippen molar-refractivity contribution < 1.29 is 14.6 Å². The number of aryl methyl sites for hydroxylation is 1. The van der Waals surface area contributed by atoms with Crippen molar-refractivity contribution >= 4 is 0 Å². The van der Waals surface area contributed by atoms with E-state index in [0.29, 0.717) is 6.10 Å². The Kier molecular flexibility index (Phi) is 4.58. The Morgan fingerprint density at radius 3 is 3.05 bits per heavy atom. The Hall–Kier alpha value is -1.06. The Bertz CT molecular complexity index is 438. The molecule has 3 nitrogen and oxygen atoms in total. The van der Waals surface area contributed by atoms with E-state index >= 15 is 0 Å². The molecule has 0 saturated carbocycles. The van der Waals surface area contributed by atoms with Crippen LogP contribution in [0.1, 0.15) is 43.2 Å². The standard InChI is InChI=1S/C17H24O3/c18-15(6-7-16-2-1-10-19-16)5-3-13-4-8-17-14(12-13)9-11-20-17/h4,8,12,15-16,18H,1-3,5-7,9-11H2. The maximum Gasteiger partial charge on any atom is 0.122 e. The summed E-state index contributed by atoms with van der Waals surface area (Å²) >= 11 is 0. The van der Waals surface area contributed by atoms with Crippen molar-refractivity contribution in [3.63, 3.8) is 0 Å². The first kappa shape index (κ1) is 13.9. The number of hydrogen-bond acceptors (Lipinski definition) is 3.